The van der Waals surface area contributed by atoms with Gasteiger partial charge >= 0.3 is 0 Å². The second-order valence-electron chi connectivity index (χ2n) is 2.31. The van der Waals surface area contributed by atoms with E-state index in [9.17, 15) is 0 Å². The Morgan fingerprint density at radius 2 is 2.31 bits per heavy atom. The highest BCUT2D eigenvalue weighted by Crippen LogP contribution is 2.02. The third kappa shape index (κ3) is 3.17. The maximum absolute atomic E-state index is 4.09. The van der Waals surface area contributed by atoms with E-state index < -0.39 is 0 Å². The van der Waals surface area contributed by atoms with Crippen LogP contribution in [0.2, 0.25) is 0 Å². The first-order valence-corrected chi connectivity index (χ1v) is 4.75. The normalized spacial score (nSPS) is 12.4. The molecule has 1 rings (SSSR count). The van der Waals surface area contributed by atoms with Crippen LogP contribution in [0.4, 0.5) is 0 Å². The van der Waals surface area contributed by atoms with Gasteiger partial charge in [0.15, 0.2) is 0 Å². The van der Waals surface area contributed by atoms with E-state index in [1.807, 2.05) is 13.0 Å². The summed E-state index contributed by atoms with van der Waals surface area (Å²) >= 11 is 2.14. The zero-order valence-electron chi connectivity index (χ0n) is 7.40. The topological polar surface area (TPSA) is 50.5 Å². The minimum atomic E-state index is 0.833. The molecular weight excluding hydrogens is 279 g/mol. The third-order valence-corrected chi connectivity index (χ3v) is 1.96. The molecule has 0 aliphatic carbocycles. The maximum Gasteiger partial charge on any atom is 0.117 e. The predicted octanol–water partition coefficient (Wildman–Crippen LogP) is 1.55. The quantitative estimate of drug-likeness (QED) is 0.359. The van der Waals surface area contributed by atoms with Crippen LogP contribution in [0, 0.1) is 3.70 Å². The Morgan fingerprint density at radius 1 is 1.54 bits per heavy atom. The molecule has 0 atom stereocenters. The standard InChI is InChI=1S/C8H9IN4/c1-6(11-4-10-2)7-3-8(9)13-5-12-7/h3-5H,1-2H3. The Balaban J connectivity index is 2.94. The molecule has 0 saturated carbocycles. The molecule has 1 aromatic rings. The average Bonchev–Trinajstić information content (AvgIpc) is 2.14. The lowest BCUT2D eigenvalue weighted by atomic mass is 10.3. The van der Waals surface area contributed by atoms with Crippen molar-refractivity contribution in [2.45, 2.75) is 6.92 Å². The Morgan fingerprint density at radius 3 is 2.92 bits per heavy atom. The van der Waals surface area contributed by atoms with Gasteiger partial charge in [-0.05, 0) is 35.6 Å². The van der Waals surface area contributed by atoms with E-state index in [2.05, 4.69) is 42.5 Å². The van der Waals surface area contributed by atoms with Gasteiger partial charge in [0.1, 0.15) is 16.4 Å². The highest BCUT2D eigenvalue weighted by atomic mass is 127. The van der Waals surface area contributed by atoms with E-state index in [1.54, 1.807) is 7.05 Å². The molecule has 0 fully saturated rings. The fraction of sp³-hybridized carbons (Fsp3) is 0.250. The van der Waals surface area contributed by atoms with Crippen molar-refractivity contribution < 1.29 is 0 Å². The first-order chi connectivity index (χ1) is 6.24. The maximum atomic E-state index is 4.09. The fourth-order valence-corrected chi connectivity index (χ4v) is 1.16. The van der Waals surface area contributed by atoms with E-state index in [1.165, 1.54) is 12.7 Å². The minimum absolute atomic E-state index is 0.833. The molecule has 0 bridgehead atoms. The van der Waals surface area contributed by atoms with E-state index in [-0.39, 0.29) is 0 Å². The summed E-state index contributed by atoms with van der Waals surface area (Å²) in [5, 5.41) is 0. The fourth-order valence-electron chi connectivity index (χ4n) is 0.742. The summed E-state index contributed by atoms with van der Waals surface area (Å²) in [6, 6.07) is 1.88. The average molecular weight is 288 g/mol. The molecule has 68 valence electrons. The van der Waals surface area contributed by atoms with Crippen LogP contribution < -0.4 is 0 Å². The molecule has 5 heteroatoms. The highest BCUT2D eigenvalue weighted by Gasteiger charge is 1.98. The molecular formula is C8H9IN4. The number of hydrogen-bond acceptors (Lipinski definition) is 3. The van der Waals surface area contributed by atoms with Gasteiger partial charge in [0.2, 0.25) is 0 Å². The Labute approximate surface area is 90.4 Å². The molecule has 0 aliphatic heterocycles. The second-order valence-corrected chi connectivity index (χ2v) is 3.42. The van der Waals surface area contributed by atoms with Crippen LogP contribution >= 0.6 is 22.6 Å². The van der Waals surface area contributed by atoms with Gasteiger partial charge in [0, 0.05) is 7.05 Å². The van der Waals surface area contributed by atoms with Crippen LogP contribution in [-0.2, 0) is 0 Å². The van der Waals surface area contributed by atoms with E-state index in [0.717, 1.165) is 15.1 Å². The largest absolute Gasteiger partial charge is 0.277 e. The number of aliphatic imine (C=N–C) groups is 2. The van der Waals surface area contributed by atoms with Crippen molar-refractivity contribution >= 4 is 34.6 Å². The number of hydrogen-bond donors (Lipinski definition) is 0. The zero-order chi connectivity index (χ0) is 9.68. The monoisotopic (exact) mass is 288 g/mol. The summed E-state index contributed by atoms with van der Waals surface area (Å²) < 4.78 is 0.908. The van der Waals surface area contributed by atoms with Gasteiger partial charge in [-0.3, -0.25) is 4.99 Å². The third-order valence-electron chi connectivity index (χ3n) is 1.37. The summed E-state index contributed by atoms with van der Waals surface area (Å²) in [5.41, 5.74) is 1.67. The van der Waals surface area contributed by atoms with Crippen molar-refractivity contribution in [1.82, 2.24) is 9.97 Å². The minimum Gasteiger partial charge on any atom is -0.277 e. The van der Waals surface area contributed by atoms with E-state index >= 15 is 0 Å². The first kappa shape index (κ1) is 10.2. The Bertz CT molecular complexity index is 346. The van der Waals surface area contributed by atoms with Gasteiger partial charge in [-0.2, -0.15) is 0 Å². The molecule has 0 spiro atoms. The summed E-state index contributed by atoms with van der Waals surface area (Å²) in [4.78, 5) is 15.9. The smallest absolute Gasteiger partial charge is 0.117 e. The van der Waals surface area contributed by atoms with Crippen molar-refractivity contribution in [1.29, 1.82) is 0 Å². The molecule has 0 radical (unpaired) electrons. The SMILES string of the molecule is CN=CN=C(C)c1cc(I)ncn1. The zero-order valence-corrected chi connectivity index (χ0v) is 9.56. The van der Waals surface area contributed by atoms with E-state index in [4.69, 9.17) is 0 Å². The van der Waals surface area contributed by atoms with Gasteiger partial charge in [-0.25, -0.2) is 15.0 Å². The van der Waals surface area contributed by atoms with Crippen molar-refractivity contribution in [2.24, 2.45) is 9.98 Å². The second kappa shape index (κ2) is 5.00. The molecule has 0 unspecified atom stereocenters. The molecule has 0 saturated heterocycles. The lowest BCUT2D eigenvalue weighted by Gasteiger charge is -1.96. The van der Waals surface area contributed by atoms with Crippen LogP contribution in [-0.4, -0.2) is 29.1 Å². The molecule has 4 nitrogen and oxygen atoms in total. The van der Waals surface area contributed by atoms with Crippen LogP contribution in [0.5, 0.6) is 0 Å². The van der Waals surface area contributed by atoms with Crippen LogP contribution in [0.3, 0.4) is 0 Å². The highest BCUT2D eigenvalue weighted by molar-refractivity contribution is 14.1. The summed E-state index contributed by atoms with van der Waals surface area (Å²) in [7, 11) is 1.68. The number of rotatable bonds is 2. The first-order valence-electron chi connectivity index (χ1n) is 3.67. The van der Waals surface area contributed by atoms with Crippen molar-refractivity contribution in [3.63, 3.8) is 0 Å². The molecule has 1 aromatic heterocycles. The predicted molar refractivity (Wildman–Crippen MR) is 61.4 cm³/mol. The van der Waals surface area contributed by atoms with Gasteiger partial charge in [-0.1, -0.05) is 0 Å². The van der Waals surface area contributed by atoms with Crippen molar-refractivity contribution in [3.8, 4) is 0 Å². The summed E-state index contributed by atoms with van der Waals surface area (Å²) in [5.74, 6) is 0. The summed E-state index contributed by atoms with van der Waals surface area (Å²) in [6.07, 6.45) is 3.03. The van der Waals surface area contributed by atoms with E-state index in [0.29, 0.717) is 0 Å². The molecule has 0 N–H and O–H groups in total. The number of halogens is 1. The van der Waals surface area contributed by atoms with Crippen LogP contribution in [0.1, 0.15) is 12.6 Å². The molecule has 0 amide bonds. The lowest BCUT2D eigenvalue weighted by molar-refractivity contribution is 1.12. The van der Waals surface area contributed by atoms with Gasteiger partial charge in [-0.15, -0.1) is 0 Å². The molecule has 13 heavy (non-hydrogen) atoms. The number of aromatic nitrogens is 2. The number of nitrogens with zero attached hydrogens (tertiary/aromatic N) is 4. The molecule has 0 aliphatic rings. The van der Waals surface area contributed by atoms with Gasteiger partial charge < -0.3 is 0 Å². The van der Waals surface area contributed by atoms with Gasteiger partial charge in [0.05, 0.1) is 11.4 Å². The van der Waals surface area contributed by atoms with Crippen molar-refractivity contribution in [2.75, 3.05) is 7.05 Å². The summed E-state index contributed by atoms with van der Waals surface area (Å²) in [6.45, 7) is 1.89. The lowest BCUT2D eigenvalue weighted by Crippen LogP contribution is -2.00. The molecule has 0 aromatic carbocycles. The van der Waals surface area contributed by atoms with Crippen molar-refractivity contribution in [3.05, 3.63) is 21.8 Å². The van der Waals surface area contributed by atoms with Crippen LogP contribution in [0.15, 0.2) is 22.4 Å². The van der Waals surface area contributed by atoms with Gasteiger partial charge in [0.25, 0.3) is 0 Å². The Hall–Kier alpha value is -0.850. The van der Waals surface area contributed by atoms with Crippen LogP contribution in [0.25, 0.3) is 0 Å². The molecule has 1 heterocycles. The Kier molecular flexibility index (Phi) is 3.94.